The lowest BCUT2D eigenvalue weighted by Crippen LogP contribution is -1.93. The minimum absolute atomic E-state index is 0.500. The zero-order chi connectivity index (χ0) is 12.6. The number of aromatic nitrogens is 1. The highest BCUT2D eigenvalue weighted by atomic mass is 14.8. The Kier molecular flexibility index (Phi) is 6.55. The Labute approximate surface area is 100 Å². The van der Waals surface area contributed by atoms with Crippen LogP contribution in [0.25, 0.3) is 5.52 Å². The number of hydrogen-bond donors (Lipinski definition) is 0. The van der Waals surface area contributed by atoms with E-state index < -0.39 is 0 Å². The van der Waals surface area contributed by atoms with Crippen LogP contribution in [0.1, 0.15) is 41.5 Å². The van der Waals surface area contributed by atoms with E-state index >= 15 is 0 Å². The van der Waals surface area contributed by atoms with Gasteiger partial charge < -0.3 is 4.40 Å². The molecule has 0 N–H and O–H groups in total. The molecule has 0 saturated carbocycles. The van der Waals surface area contributed by atoms with E-state index in [-0.39, 0.29) is 0 Å². The predicted molar refractivity (Wildman–Crippen MR) is 73.9 cm³/mol. The maximum Gasteiger partial charge on any atom is 0.0449 e. The van der Waals surface area contributed by atoms with E-state index in [0.717, 1.165) is 0 Å². The van der Waals surface area contributed by atoms with Gasteiger partial charge in [-0.3, -0.25) is 0 Å². The Bertz CT molecular complexity index is 343. The number of pyridine rings is 1. The third-order valence-corrected chi connectivity index (χ3v) is 1.44. The third-order valence-electron chi connectivity index (χ3n) is 1.44. The molecule has 16 heavy (non-hydrogen) atoms. The summed E-state index contributed by atoms with van der Waals surface area (Å²) in [7, 11) is 0. The van der Waals surface area contributed by atoms with Gasteiger partial charge in [0, 0.05) is 17.9 Å². The molecule has 0 radical (unpaired) electrons. The zero-order valence-corrected chi connectivity index (χ0v) is 11.5. The molecule has 0 aliphatic carbocycles. The van der Waals surface area contributed by atoms with Gasteiger partial charge in [0.15, 0.2) is 0 Å². The largest absolute Gasteiger partial charge is 0.324 e. The Balaban J connectivity index is 0.000000280. The molecule has 0 spiro atoms. The van der Waals surface area contributed by atoms with Gasteiger partial charge >= 0.3 is 0 Å². The van der Waals surface area contributed by atoms with Crippen LogP contribution in [-0.2, 0) is 0 Å². The van der Waals surface area contributed by atoms with Gasteiger partial charge in [0.05, 0.1) is 0 Å². The highest BCUT2D eigenvalue weighted by Crippen LogP contribution is 2.08. The summed E-state index contributed by atoms with van der Waals surface area (Å²) in [6, 6.07) is 10.3. The summed E-state index contributed by atoms with van der Waals surface area (Å²) >= 11 is 0. The molecule has 0 unspecified atom stereocenters. The van der Waals surface area contributed by atoms with Gasteiger partial charge in [0.2, 0.25) is 0 Å². The van der Waals surface area contributed by atoms with Crippen molar-refractivity contribution in [2.75, 3.05) is 0 Å². The molecule has 0 saturated heterocycles. The van der Waals surface area contributed by atoms with Gasteiger partial charge in [-0.25, -0.2) is 0 Å². The van der Waals surface area contributed by atoms with Crippen molar-refractivity contribution in [1.82, 2.24) is 4.40 Å². The van der Waals surface area contributed by atoms with Crippen molar-refractivity contribution in [1.29, 1.82) is 0 Å². The molecule has 2 aromatic heterocycles. The average Bonchev–Trinajstić information content (AvgIpc) is 2.66. The Morgan fingerprint density at radius 1 is 0.812 bits per heavy atom. The Hall–Kier alpha value is -1.24. The van der Waals surface area contributed by atoms with E-state index in [0.29, 0.717) is 5.41 Å². The highest BCUT2D eigenvalue weighted by molar-refractivity contribution is 5.46. The number of fused-ring (bicyclic) bond motifs is 1. The van der Waals surface area contributed by atoms with Gasteiger partial charge in [0.25, 0.3) is 0 Å². The van der Waals surface area contributed by atoms with Crippen molar-refractivity contribution < 1.29 is 0 Å². The van der Waals surface area contributed by atoms with Crippen LogP contribution in [0.5, 0.6) is 0 Å². The minimum atomic E-state index is 0.500. The fourth-order valence-corrected chi connectivity index (χ4v) is 0.980. The average molecular weight is 219 g/mol. The third kappa shape index (κ3) is 7.10. The lowest BCUT2D eigenvalue weighted by molar-refractivity contribution is 0.469. The lowest BCUT2D eigenvalue weighted by Gasteiger charge is -2.05. The van der Waals surface area contributed by atoms with E-state index in [1.165, 1.54) is 5.52 Å². The maximum atomic E-state index is 2.19. The molecule has 1 heteroatoms. The SMILES string of the molecule is CC.CC(C)(C)C.c1ccn2cccc2c1. The predicted octanol–water partition coefficient (Wildman–Crippen LogP) is 5.02. The van der Waals surface area contributed by atoms with Crippen LogP contribution in [-0.4, -0.2) is 4.40 Å². The second-order valence-electron chi connectivity index (χ2n) is 5.04. The molecule has 0 aliphatic rings. The quantitative estimate of drug-likeness (QED) is 0.586. The fraction of sp³-hybridized carbons (Fsp3) is 0.467. The minimum Gasteiger partial charge on any atom is -0.324 e. The van der Waals surface area contributed by atoms with E-state index in [9.17, 15) is 0 Å². The highest BCUT2D eigenvalue weighted by Gasteiger charge is 1.95. The number of hydrogen-bond acceptors (Lipinski definition) is 0. The van der Waals surface area contributed by atoms with Crippen LogP contribution in [0.3, 0.4) is 0 Å². The molecule has 0 aliphatic heterocycles. The standard InChI is InChI=1S/C8H7N.C5H12.C2H6/c1-2-6-9-7-3-5-8(9)4-1;1-5(2,3)4;1-2/h1-7H;1-4H3;1-2H3. The van der Waals surface area contributed by atoms with Gasteiger partial charge in [-0.15, -0.1) is 0 Å². The van der Waals surface area contributed by atoms with Crippen molar-refractivity contribution in [2.45, 2.75) is 41.5 Å². The monoisotopic (exact) mass is 219 g/mol. The van der Waals surface area contributed by atoms with Crippen LogP contribution in [0.15, 0.2) is 42.7 Å². The van der Waals surface area contributed by atoms with Gasteiger partial charge in [0.1, 0.15) is 0 Å². The normalized spacial score (nSPS) is 9.88. The second-order valence-corrected chi connectivity index (χ2v) is 5.04. The molecule has 2 aromatic rings. The molecule has 1 nitrogen and oxygen atoms in total. The van der Waals surface area contributed by atoms with Crippen LogP contribution >= 0.6 is 0 Å². The van der Waals surface area contributed by atoms with E-state index in [1.807, 2.05) is 44.4 Å². The first kappa shape index (κ1) is 14.8. The summed E-state index contributed by atoms with van der Waals surface area (Å²) in [4.78, 5) is 0. The van der Waals surface area contributed by atoms with E-state index in [4.69, 9.17) is 0 Å². The summed E-state index contributed by atoms with van der Waals surface area (Å²) in [5, 5.41) is 0. The maximum absolute atomic E-state index is 2.19. The molecule has 0 amide bonds. The van der Waals surface area contributed by atoms with Gasteiger partial charge in [-0.1, -0.05) is 47.6 Å². The van der Waals surface area contributed by atoms with Crippen molar-refractivity contribution in [3.63, 3.8) is 0 Å². The summed E-state index contributed by atoms with van der Waals surface area (Å²) < 4.78 is 2.08. The Morgan fingerprint density at radius 2 is 1.25 bits per heavy atom. The molecular formula is C15H25N. The van der Waals surface area contributed by atoms with Crippen LogP contribution in [0.2, 0.25) is 0 Å². The topological polar surface area (TPSA) is 4.41 Å². The fourth-order valence-electron chi connectivity index (χ4n) is 0.980. The molecule has 0 atom stereocenters. The van der Waals surface area contributed by atoms with Crippen LogP contribution in [0.4, 0.5) is 0 Å². The number of rotatable bonds is 0. The Morgan fingerprint density at radius 3 is 1.75 bits per heavy atom. The number of nitrogens with zero attached hydrogens (tertiary/aromatic N) is 1. The van der Waals surface area contributed by atoms with E-state index in [2.05, 4.69) is 44.2 Å². The van der Waals surface area contributed by atoms with E-state index in [1.54, 1.807) is 0 Å². The summed E-state index contributed by atoms with van der Waals surface area (Å²) in [5.74, 6) is 0. The van der Waals surface area contributed by atoms with Crippen molar-refractivity contribution in [3.05, 3.63) is 42.7 Å². The van der Waals surface area contributed by atoms with Gasteiger partial charge in [-0.05, 0) is 29.7 Å². The molecule has 2 rings (SSSR count). The summed E-state index contributed by atoms with van der Waals surface area (Å²) in [6.07, 6.45) is 4.07. The lowest BCUT2D eigenvalue weighted by atomic mass is 10.0. The van der Waals surface area contributed by atoms with Crippen LogP contribution in [0, 0.1) is 5.41 Å². The smallest absolute Gasteiger partial charge is 0.0449 e. The molecule has 90 valence electrons. The second kappa shape index (κ2) is 7.10. The zero-order valence-electron chi connectivity index (χ0n) is 11.5. The van der Waals surface area contributed by atoms with Crippen molar-refractivity contribution in [2.24, 2.45) is 5.41 Å². The molecule has 0 aromatic carbocycles. The summed E-state index contributed by atoms with van der Waals surface area (Å²) in [6.45, 7) is 12.8. The van der Waals surface area contributed by atoms with Gasteiger partial charge in [-0.2, -0.15) is 0 Å². The first-order valence-electron chi connectivity index (χ1n) is 5.98. The van der Waals surface area contributed by atoms with Crippen molar-refractivity contribution >= 4 is 5.52 Å². The van der Waals surface area contributed by atoms with Crippen LogP contribution < -0.4 is 0 Å². The molecule has 0 fully saturated rings. The van der Waals surface area contributed by atoms with Crippen molar-refractivity contribution in [3.8, 4) is 0 Å². The molecular weight excluding hydrogens is 194 g/mol. The molecule has 0 bridgehead atoms. The molecule has 2 heterocycles. The summed E-state index contributed by atoms with van der Waals surface area (Å²) in [5.41, 5.74) is 1.75. The first-order chi connectivity index (χ1) is 7.47. The first-order valence-corrected chi connectivity index (χ1v) is 5.98.